The molecule has 1 amide bonds. The van der Waals surface area contributed by atoms with E-state index in [-0.39, 0.29) is 16.7 Å². The summed E-state index contributed by atoms with van der Waals surface area (Å²) < 4.78 is 6.42. The van der Waals surface area contributed by atoms with Gasteiger partial charge in [0.1, 0.15) is 10.8 Å². The van der Waals surface area contributed by atoms with E-state index < -0.39 is 0 Å². The Labute approximate surface area is 184 Å². The van der Waals surface area contributed by atoms with Crippen LogP contribution < -0.4 is 15.6 Å². The van der Waals surface area contributed by atoms with Crippen molar-refractivity contribution in [2.45, 2.75) is 30.7 Å². The highest BCUT2D eigenvalue weighted by Crippen LogP contribution is 2.22. The molecule has 3 rings (SSSR count). The molecule has 8 heteroatoms. The molecule has 0 aliphatic carbocycles. The van der Waals surface area contributed by atoms with Gasteiger partial charge in [-0.2, -0.15) is 9.78 Å². The average molecular weight is 444 g/mol. The Morgan fingerprint density at radius 2 is 1.93 bits per heavy atom. The standard InChI is InChI=1S/C22H22ClN3O3S/c1-14-4-7-17(12-19(14)23)26-21(27)11-10-20(25-26)30-15(2)22(28)24-13-16-5-8-18(29-3)9-6-16/h4-12,15H,13H2,1-3H3,(H,24,28). The van der Waals surface area contributed by atoms with Crippen LogP contribution in [-0.4, -0.2) is 28.0 Å². The van der Waals surface area contributed by atoms with Gasteiger partial charge in [0, 0.05) is 17.6 Å². The average Bonchev–Trinajstić information content (AvgIpc) is 2.75. The minimum atomic E-state index is -0.386. The topological polar surface area (TPSA) is 73.2 Å². The van der Waals surface area contributed by atoms with Crippen LogP contribution >= 0.6 is 23.4 Å². The van der Waals surface area contributed by atoms with E-state index in [1.807, 2.05) is 37.3 Å². The number of halogens is 1. The Morgan fingerprint density at radius 3 is 2.60 bits per heavy atom. The van der Waals surface area contributed by atoms with Crippen molar-refractivity contribution in [2.75, 3.05) is 7.11 Å². The Balaban J connectivity index is 1.66. The molecular weight excluding hydrogens is 422 g/mol. The van der Waals surface area contributed by atoms with Gasteiger partial charge in [0.15, 0.2) is 0 Å². The lowest BCUT2D eigenvalue weighted by Gasteiger charge is -2.13. The SMILES string of the molecule is COc1ccc(CNC(=O)C(C)Sc2ccc(=O)n(-c3ccc(C)c(Cl)c3)n2)cc1. The summed E-state index contributed by atoms with van der Waals surface area (Å²) in [4.78, 5) is 24.7. The maximum Gasteiger partial charge on any atom is 0.271 e. The Hall–Kier alpha value is -2.77. The first-order chi connectivity index (χ1) is 14.4. The highest BCUT2D eigenvalue weighted by atomic mass is 35.5. The molecule has 6 nitrogen and oxygen atoms in total. The molecule has 156 valence electrons. The van der Waals surface area contributed by atoms with E-state index in [4.69, 9.17) is 16.3 Å². The fraction of sp³-hybridized carbons (Fsp3) is 0.227. The van der Waals surface area contributed by atoms with Crippen molar-refractivity contribution in [3.63, 3.8) is 0 Å². The Bertz CT molecular complexity index is 1100. The van der Waals surface area contributed by atoms with Crippen LogP contribution in [0, 0.1) is 6.92 Å². The van der Waals surface area contributed by atoms with Gasteiger partial charge >= 0.3 is 0 Å². The molecule has 0 spiro atoms. The number of benzene rings is 2. The van der Waals surface area contributed by atoms with Gasteiger partial charge in [-0.25, -0.2) is 0 Å². The molecule has 0 aliphatic rings. The lowest BCUT2D eigenvalue weighted by atomic mass is 10.2. The lowest BCUT2D eigenvalue weighted by molar-refractivity contribution is -0.120. The van der Waals surface area contributed by atoms with E-state index in [1.54, 1.807) is 32.2 Å². The molecule has 1 unspecified atom stereocenters. The number of carbonyl (C=O) groups excluding carboxylic acids is 1. The maximum atomic E-state index is 12.5. The van der Waals surface area contributed by atoms with Crippen LogP contribution in [0.25, 0.3) is 5.69 Å². The van der Waals surface area contributed by atoms with E-state index in [0.717, 1.165) is 16.9 Å². The third kappa shape index (κ3) is 5.43. The minimum absolute atomic E-state index is 0.117. The first kappa shape index (κ1) is 21.9. The van der Waals surface area contributed by atoms with Crippen molar-refractivity contribution >= 4 is 29.3 Å². The predicted octanol–water partition coefficient (Wildman–Crippen LogP) is 4.00. The van der Waals surface area contributed by atoms with Crippen LogP contribution in [0.1, 0.15) is 18.1 Å². The molecule has 2 aromatic carbocycles. The molecule has 1 N–H and O–H groups in total. The van der Waals surface area contributed by atoms with E-state index in [2.05, 4.69) is 10.4 Å². The molecular formula is C22H22ClN3O3S. The number of rotatable bonds is 7. The minimum Gasteiger partial charge on any atom is -0.497 e. The summed E-state index contributed by atoms with van der Waals surface area (Å²) in [7, 11) is 1.61. The van der Waals surface area contributed by atoms with Crippen molar-refractivity contribution in [2.24, 2.45) is 0 Å². The first-order valence-electron chi connectivity index (χ1n) is 9.31. The molecule has 30 heavy (non-hydrogen) atoms. The number of methoxy groups -OCH3 is 1. The number of nitrogens with zero attached hydrogens (tertiary/aromatic N) is 2. The molecule has 0 bridgehead atoms. The summed E-state index contributed by atoms with van der Waals surface area (Å²) in [5.74, 6) is 0.652. The number of carbonyl (C=O) groups is 1. The van der Waals surface area contributed by atoms with Crippen LogP contribution in [0.2, 0.25) is 5.02 Å². The summed E-state index contributed by atoms with van der Waals surface area (Å²) in [6.07, 6.45) is 0. The summed E-state index contributed by atoms with van der Waals surface area (Å²) in [5, 5.41) is 8.04. The van der Waals surface area contributed by atoms with Crippen molar-refractivity contribution in [1.29, 1.82) is 0 Å². The van der Waals surface area contributed by atoms with E-state index in [1.165, 1.54) is 22.5 Å². The van der Waals surface area contributed by atoms with Gasteiger partial charge < -0.3 is 10.1 Å². The number of hydrogen-bond donors (Lipinski definition) is 1. The van der Waals surface area contributed by atoms with Crippen LogP contribution in [0.5, 0.6) is 5.75 Å². The van der Waals surface area contributed by atoms with Crippen LogP contribution in [-0.2, 0) is 11.3 Å². The van der Waals surface area contributed by atoms with Crippen molar-refractivity contribution in [3.05, 3.63) is 81.1 Å². The van der Waals surface area contributed by atoms with Gasteiger partial charge in [-0.15, -0.1) is 0 Å². The second kappa shape index (κ2) is 9.82. The van der Waals surface area contributed by atoms with E-state index in [0.29, 0.717) is 22.3 Å². The molecule has 3 aromatic rings. The predicted molar refractivity (Wildman–Crippen MR) is 120 cm³/mol. The summed E-state index contributed by atoms with van der Waals surface area (Å²) in [5.41, 5.74) is 2.20. The zero-order chi connectivity index (χ0) is 21.7. The Morgan fingerprint density at radius 1 is 1.20 bits per heavy atom. The lowest BCUT2D eigenvalue weighted by Crippen LogP contribution is -2.30. The Kier molecular flexibility index (Phi) is 7.18. The quantitative estimate of drug-likeness (QED) is 0.559. The molecule has 1 heterocycles. The summed E-state index contributed by atoms with van der Waals surface area (Å²) in [6, 6.07) is 15.9. The number of aromatic nitrogens is 2. The van der Waals surface area contributed by atoms with Crippen molar-refractivity contribution in [3.8, 4) is 11.4 Å². The largest absolute Gasteiger partial charge is 0.497 e. The molecule has 0 saturated carbocycles. The van der Waals surface area contributed by atoms with Gasteiger partial charge in [0.2, 0.25) is 5.91 Å². The maximum absolute atomic E-state index is 12.5. The number of amides is 1. The van der Waals surface area contributed by atoms with Gasteiger partial charge in [-0.1, -0.05) is 41.6 Å². The molecule has 1 atom stereocenters. The number of nitrogens with one attached hydrogen (secondary N) is 1. The summed E-state index contributed by atoms with van der Waals surface area (Å²) in [6.45, 7) is 4.11. The number of ether oxygens (including phenoxy) is 1. The number of thioether (sulfide) groups is 1. The van der Waals surface area contributed by atoms with Crippen molar-refractivity contribution in [1.82, 2.24) is 15.1 Å². The van der Waals surface area contributed by atoms with Gasteiger partial charge in [-0.05, 0) is 55.3 Å². The summed E-state index contributed by atoms with van der Waals surface area (Å²) >= 11 is 7.46. The molecule has 0 saturated heterocycles. The van der Waals surface area contributed by atoms with Gasteiger partial charge in [0.25, 0.3) is 5.56 Å². The second-order valence-electron chi connectivity index (χ2n) is 6.68. The van der Waals surface area contributed by atoms with Crippen molar-refractivity contribution < 1.29 is 9.53 Å². The number of hydrogen-bond acceptors (Lipinski definition) is 5. The van der Waals surface area contributed by atoms with Gasteiger partial charge in [0.05, 0.1) is 18.0 Å². The number of aryl methyl sites for hydroxylation is 1. The van der Waals surface area contributed by atoms with Crippen LogP contribution in [0.4, 0.5) is 0 Å². The van der Waals surface area contributed by atoms with E-state index >= 15 is 0 Å². The first-order valence-corrected chi connectivity index (χ1v) is 10.6. The fourth-order valence-electron chi connectivity index (χ4n) is 2.67. The van der Waals surface area contributed by atoms with Crippen LogP contribution in [0.3, 0.4) is 0 Å². The fourth-order valence-corrected chi connectivity index (χ4v) is 3.67. The zero-order valence-corrected chi connectivity index (χ0v) is 18.5. The van der Waals surface area contributed by atoms with E-state index in [9.17, 15) is 9.59 Å². The molecule has 0 radical (unpaired) electrons. The zero-order valence-electron chi connectivity index (χ0n) is 16.9. The molecule has 1 aromatic heterocycles. The van der Waals surface area contributed by atoms with Gasteiger partial charge in [-0.3, -0.25) is 9.59 Å². The smallest absolute Gasteiger partial charge is 0.271 e. The normalized spacial score (nSPS) is 11.7. The van der Waals surface area contributed by atoms with Crippen LogP contribution in [0.15, 0.2) is 64.4 Å². The second-order valence-corrected chi connectivity index (χ2v) is 8.45. The highest BCUT2D eigenvalue weighted by Gasteiger charge is 2.16. The third-order valence-electron chi connectivity index (χ3n) is 4.47. The monoisotopic (exact) mass is 443 g/mol. The molecule has 0 fully saturated rings. The molecule has 0 aliphatic heterocycles. The highest BCUT2D eigenvalue weighted by molar-refractivity contribution is 8.00. The third-order valence-corrected chi connectivity index (χ3v) is 5.90.